The van der Waals surface area contributed by atoms with Crippen LogP contribution >= 0.6 is 0 Å². The van der Waals surface area contributed by atoms with Crippen LogP contribution in [0.5, 0.6) is 0 Å². The minimum Gasteiger partial charge on any atom is -0.443 e. The molecule has 0 saturated carbocycles. The Morgan fingerprint density at radius 3 is 2.18 bits per heavy atom. The van der Waals surface area contributed by atoms with E-state index in [0.29, 0.717) is 35.0 Å². The van der Waals surface area contributed by atoms with Crippen molar-refractivity contribution < 1.29 is 45.5 Å². The lowest BCUT2D eigenvalue weighted by molar-refractivity contribution is -0.143. The summed E-state index contributed by atoms with van der Waals surface area (Å²) in [5.41, 5.74) is -3.51. The minimum absolute atomic E-state index is 0.00834. The van der Waals surface area contributed by atoms with Crippen LogP contribution in [0.3, 0.4) is 0 Å². The predicted octanol–water partition coefficient (Wildman–Crippen LogP) is 6.56. The zero-order valence-electron chi connectivity index (χ0n) is 24.3. The summed E-state index contributed by atoms with van der Waals surface area (Å²) in [5.74, 6) is -0.965. The second-order valence-corrected chi connectivity index (χ2v) is 12.3. The van der Waals surface area contributed by atoms with Gasteiger partial charge in [0, 0.05) is 48.7 Å². The molecule has 0 unspecified atom stereocenters. The molecule has 2 aromatic carbocycles. The van der Waals surface area contributed by atoms with Crippen LogP contribution < -0.4 is 0 Å². The number of ether oxygens (including phenoxy) is 1. The van der Waals surface area contributed by atoms with Gasteiger partial charge in [0.15, 0.2) is 0 Å². The third-order valence-corrected chi connectivity index (χ3v) is 7.88. The molecule has 236 valence electrons. The lowest BCUT2D eigenvalue weighted by atomic mass is 9.92. The summed E-state index contributed by atoms with van der Waals surface area (Å²) < 4.78 is 88.5. The lowest BCUT2D eigenvalue weighted by Gasteiger charge is -2.48. The molecule has 0 radical (unpaired) electrons. The topological polar surface area (TPSA) is 71.8 Å². The van der Waals surface area contributed by atoms with Crippen LogP contribution in [-0.2, 0) is 28.3 Å². The van der Waals surface area contributed by atoms with Crippen molar-refractivity contribution in [3.63, 3.8) is 0 Å². The third-order valence-electron chi connectivity index (χ3n) is 7.88. The van der Waals surface area contributed by atoms with E-state index < -0.39 is 52.7 Å². The predicted molar refractivity (Wildman–Crippen MR) is 148 cm³/mol. The maximum atomic E-state index is 13.9. The first-order chi connectivity index (χ1) is 20.4. The average Bonchev–Trinajstić information content (AvgIpc) is 3.28. The smallest absolute Gasteiger partial charge is 0.419 e. The van der Waals surface area contributed by atoms with Gasteiger partial charge < -0.3 is 9.64 Å². The van der Waals surface area contributed by atoms with Crippen LogP contribution in [0.1, 0.15) is 60.7 Å². The molecule has 44 heavy (non-hydrogen) atoms. The first-order valence-corrected chi connectivity index (χ1v) is 14.1. The van der Waals surface area contributed by atoms with Crippen molar-refractivity contribution in [2.24, 2.45) is 0 Å². The van der Waals surface area contributed by atoms with Crippen molar-refractivity contribution in [1.29, 1.82) is 0 Å². The zero-order chi connectivity index (χ0) is 32.2. The largest absolute Gasteiger partial charge is 0.443 e. The Morgan fingerprint density at radius 2 is 1.57 bits per heavy atom. The highest BCUT2D eigenvalue weighted by Gasteiger charge is 2.42. The van der Waals surface area contributed by atoms with Crippen LogP contribution in [0.4, 0.5) is 31.1 Å². The molecule has 2 atom stereocenters. The molecule has 0 spiro atoms. The number of carbonyl (C=O) groups excluding carboxylic acids is 3. The van der Waals surface area contributed by atoms with Gasteiger partial charge in [0.25, 0.3) is 5.91 Å². The molecule has 7 nitrogen and oxygen atoms in total. The summed E-state index contributed by atoms with van der Waals surface area (Å²) in [6, 6.07) is 6.85. The Kier molecular flexibility index (Phi) is 8.06. The Bertz CT molecular complexity index is 1570. The molecule has 3 aromatic rings. The van der Waals surface area contributed by atoms with Gasteiger partial charge in [-0.05, 0) is 63.4 Å². The number of alkyl halides is 6. The number of hydrogen-bond acceptors (Lipinski definition) is 5. The maximum absolute atomic E-state index is 13.9. The normalized spacial score (nSPS) is 20.1. The molecular weight excluding hydrogens is 592 g/mol. The second-order valence-electron chi connectivity index (χ2n) is 12.3. The van der Waals surface area contributed by atoms with E-state index in [4.69, 9.17) is 4.74 Å². The van der Waals surface area contributed by atoms with Gasteiger partial charge in [0.05, 0.1) is 23.2 Å². The SMILES string of the molecule is CC(C)(C)OC(=O)n1cc(C[C@@H]2CN3CC(=O)CC[C@@H]3CN2C(=O)c2cc(C(F)(F)F)cc(C(F)(F)F)c2)c2ccccc21. The first kappa shape index (κ1) is 31.6. The van der Waals surface area contributed by atoms with Gasteiger partial charge in [-0.2, -0.15) is 26.3 Å². The molecule has 0 bridgehead atoms. The molecule has 2 aliphatic heterocycles. The van der Waals surface area contributed by atoms with Gasteiger partial charge in [-0.15, -0.1) is 0 Å². The number of aromatic nitrogens is 1. The summed E-state index contributed by atoms with van der Waals surface area (Å²) in [7, 11) is 0. The standard InChI is InChI=1S/C31H31F6N3O4/c1-29(2,3)44-28(43)40-14-19(25-6-4-5-7-26(25)40)12-23-15-38-17-24(41)9-8-22(38)16-39(23)27(42)18-10-20(30(32,33)34)13-21(11-18)31(35,36)37/h4-7,10-11,13-14,22-23H,8-9,12,15-17H2,1-3H3/t22-,23-/m1/s1. The number of carbonyl (C=O) groups is 3. The maximum Gasteiger partial charge on any atom is 0.419 e. The number of nitrogens with zero attached hydrogens (tertiary/aromatic N) is 3. The van der Waals surface area contributed by atoms with E-state index in [1.807, 2.05) is 4.90 Å². The van der Waals surface area contributed by atoms with Gasteiger partial charge in [-0.1, -0.05) is 18.2 Å². The molecule has 1 amide bonds. The molecule has 0 aliphatic carbocycles. The monoisotopic (exact) mass is 623 g/mol. The van der Waals surface area contributed by atoms with Crippen LogP contribution in [0, 0.1) is 0 Å². The number of Topliss-reactive ketones (excluding diaryl/α,β-unsaturated/α-hetero) is 1. The fraction of sp³-hybridized carbons (Fsp3) is 0.452. The summed E-state index contributed by atoms with van der Waals surface area (Å²) in [6.45, 7) is 5.47. The van der Waals surface area contributed by atoms with E-state index in [2.05, 4.69) is 0 Å². The average molecular weight is 624 g/mol. The molecular formula is C31H31F6N3O4. The number of para-hydroxylation sites is 1. The molecule has 2 saturated heterocycles. The quantitative estimate of drug-likeness (QED) is 0.309. The van der Waals surface area contributed by atoms with Crippen molar-refractivity contribution >= 4 is 28.7 Å². The Morgan fingerprint density at radius 1 is 0.932 bits per heavy atom. The van der Waals surface area contributed by atoms with E-state index in [9.17, 15) is 40.7 Å². The third kappa shape index (κ3) is 6.62. The highest BCUT2D eigenvalue weighted by Crippen LogP contribution is 2.37. The van der Waals surface area contributed by atoms with E-state index in [0.717, 1.165) is 0 Å². The number of amides is 1. The highest BCUT2D eigenvalue weighted by molar-refractivity contribution is 5.96. The number of piperazine rings is 1. The van der Waals surface area contributed by atoms with E-state index in [-0.39, 0.29) is 50.4 Å². The summed E-state index contributed by atoms with van der Waals surface area (Å²) in [6.07, 6.45) is -8.50. The molecule has 2 aliphatic rings. The second kappa shape index (κ2) is 11.2. The Labute approximate surface area is 249 Å². The fourth-order valence-corrected chi connectivity index (χ4v) is 5.91. The number of fused-ring (bicyclic) bond motifs is 2. The lowest BCUT2D eigenvalue weighted by Crippen LogP contribution is -2.62. The number of benzene rings is 2. The van der Waals surface area contributed by atoms with Crippen molar-refractivity contribution in [3.05, 3.63) is 70.9 Å². The Balaban J connectivity index is 1.55. The van der Waals surface area contributed by atoms with Crippen molar-refractivity contribution in [2.75, 3.05) is 19.6 Å². The molecule has 13 heteroatoms. The van der Waals surface area contributed by atoms with Crippen LogP contribution in [-0.4, -0.2) is 69.5 Å². The van der Waals surface area contributed by atoms with E-state index >= 15 is 0 Å². The van der Waals surface area contributed by atoms with Gasteiger partial charge in [0.2, 0.25) is 0 Å². The van der Waals surface area contributed by atoms with Crippen molar-refractivity contribution in [2.45, 2.75) is 70.1 Å². The van der Waals surface area contributed by atoms with Crippen molar-refractivity contribution in [1.82, 2.24) is 14.4 Å². The van der Waals surface area contributed by atoms with Gasteiger partial charge >= 0.3 is 18.4 Å². The first-order valence-electron chi connectivity index (χ1n) is 14.1. The minimum atomic E-state index is -5.11. The van der Waals surface area contributed by atoms with E-state index in [1.54, 1.807) is 51.2 Å². The summed E-state index contributed by atoms with van der Waals surface area (Å²) in [4.78, 5) is 42.4. The highest BCUT2D eigenvalue weighted by atomic mass is 19.4. The van der Waals surface area contributed by atoms with E-state index in [1.165, 1.54) is 9.47 Å². The molecule has 5 rings (SSSR count). The molecule has 3 heterocycles. The number of rotatable bonds is 3. The summed E-state index contributed by atoms with van der Waals surface area (Å²) >= 11 is 0. The zero-order valence-corrected chi connectivity index (χ0v) is 24.3. The molecule has 1 aromatic heterocycles. The van der Waals surface area contributed by atoms with Crippen molar-refractivity contribution in [3.8, 4) is 0 Å². The van der Waals surface area contributed by atoms with Gasteiger partial charge in [0.1, 0.15) is 11.4 Å². The van der Waals surface area contributed by atoms with Gasteiger partial charge in [-0.3, -0.25) is 19.1 Å². The fourth-order valence-electron chi connectivity index (χ4n) is 5.91. The Hall–Kier alpha value is -3.87. The van der Waals surface area contributed by atoms with Gasteiger partial charge in [-0.25, -0.2) is 4.79 Å². The number of ketones is 1. The molecule has 0 N–H and O–H groups in total. The van der Waals surface area contributed by atoms with Crippen LogP contribution in [0.25, 0.3) is 10.9 Å². The summed E-state index contributed by atoms with van der Waals surface area (Å²) in [5, 5.41) is 0.668. The number of hydrogen-bond donors (Lipinski definition) is 0. The number of halogens is 6. The van der Waals surface area contributed by atoms with Crippen LogP contribution in [0.15, 0.2) is 48.7 Å². The molecule has 2 fully saturated rings. The number of piperidine rings is 1. The van der Waals surface area contributed by atoms with Crippen LogP contribution in [0.2, 0.25) is 0 Å².